The van der Waals surface area contributed by atoms with E-state index in [1.165, 1.54) is 0 Å². The first-order valence-electron chi connectivity index (χ1n) is 5.60. The van der Waals surface area contributed by atoms with Crippen LogP contribution in [-0.4, -0.2) is 12.3 Å². The van der Waals surface area contributed by atoms with Gasteiger partial charge in [-0.05, 0) is 30.8 Å². The Morgan fingerprint density at radius 1 is 1.21 bits per heavy atom. The molecule has 0 N–H and O–H groups in total. The maximum Gasteiger partial charge on any atom is 0.0494 e. The molecule has 82 valence electrons. The highest BCUT2D eigenvalue weighted by Crippen LogP contribution is 2.20. The molecule has 0 saturated carbocycles. The molecule has 0 aromatic rings. The largest absolute Gasteiger partial charge is 0.290 e. The SMILES string of the molecule is CCC(C)(C)/C=C\C=NC(C)C(C)C. The summed E-state index contributed by atoms with van der Waals surface area (Å²) in [7, 11) is 0. The van der Waals surface area contributed by atoms with E-state index in [1.807, 2.05) is 6.21 Å². The van der Waals surface area contributed by atoms with Gasteiger partial charge in [0, 0.05) is 12.3 Å². The van der Waals surface area contributed by atoms with E-state index in [9.17, 15) is 0 Å². The standard InChI is InChI=1S/C13H25N/c1-7-13(5,6)9-8-10-14-12(4)11(2)3/h8-12H,7H2,1-6H3/b9-8-,14-10?. The van der Waals surface area contributed by atoms with Crippen LogP contribution in [0.25, 0.3) is 0 Å². The van der Waals surface area contributed by atoms with Gasteiger partial charge in [0.25, 0.3) is 0 Å². The molecule has 0 aromatic heterocycles. The molecule has 0 radical (unpaired) electrons. The average molecular weight is 195 g/mol. The minimum Gasteiger partial charge on any atom is -0.290 e. The zero-order chi connectivity index (χ0) is 11.2. The van der Waals surface area contributed by atoms with Gasteiger partial charge in [0.15, 0.2) is 0 Å². The fraction of sp³-hybridized carbons (Fsp3) is 0.769. The number of aliphatic imine (C=N–C) groups is 1. The smallest absolute Gasteiger partial charge is 0.0494 e. The lowest BCUT2D eigenvalue weighted by Gasteiger charge is -2.16. The summed E-state index contributed by atoms with van der Waals surface area (Å²) in [6.07, 6.45) is 7.39. The molecule has 0 aromatic carbocycles. The number of rotatable bonds is 5. The lowest BCUT2D eigenvalue weighted by atomic mass is 9.90. The molecule has 0 heterocycles. The monoisotopic (exact) mass is 195 g/mol. The molecule has 0 saturated heterocycles. The maximum atomic E-state index is 4.45. The van der Waals surface area contributed by atoms with Crippen LogP contribution in [0.4, 0.5) is 0 Å². The Kier molecular flexibility index (Phi) is 5.75. The van der Waals surface area contributed by atoms with E-state index in [0.717, 1.165) is 6.42 Å². The molecule has 1 nitrogen and oxygen atoms in total. The third-order valence-electron chi connectivity index (χ3n) is 2.83. The first kappa shape index (κ1) is 13.4. The van der Waals surface area contributed by atoms with Crippen LogP contribution < -0.4 is 0 Å². The molecule has 0 fully saturated rings. The fourth-order valence-corrected chi connectivity index (χ4v) is 0.779. The first-order chi connectivity index (χ1) is 6.39. The van der Waals surface area contributed by atoms with Crippen molar-refractivity contribution in [1.29, 1.82) is 0 Å². The third kappa shape index (κ3) is 5.95. The molecule has 0 aliphatic carbocycles. The second kappa shape index (κ2) is 6.00. The minimum atomic E-state index is 0.299. The van der Waals surface area contributed by atoms with Crippen molar-refractivity contribution < 1.29 is 0 Å². The van der Waals surface area contributed by atoms with Gasteiger partial charge in [0.1, 0.15) is 0 Å². The Morgan fingerprint density at radius 2 is 1.79 bits per heavy atom. The van der Waals surface area contributed by atoms with E-state index >= 15 is 0 Å². The van der Waals surface area contributed by atoms with Crippen LogP contribution in [0.2, 0.25) is 0 Å². The highest BCUT2D eigenvalue weighted by molar-refractivity contribution is 5.71. The van der Waals surface area contributed by atoms with Gasteiger partial charge in [-0.2, -0.15) is 0 Å². The van der Waals surface area contributed by atoms with Crippen molar-refractivity contribution in [2.24, 2.45) is 16.3 Å². The second-order valence-corrected chi connectivity index (χ2v) is 4.98. The highest BCUT2D eigenvalue weighted by atomic mass is 14.8. The van der Waals surface area contributed by atoms with Crippen molar-refractivity contribution in [2.75, 3.05) is 0 Å². The van der Waals surface area contributed by atoms with Gasteiger partial charge in [0.2, 0.25) is 0 Å². The molecule has 1 atom stereocenters. The van der Waals surface area contributed by atoms with Crippen molar-refractivity contribution in [3.05, 3.63) is 12.2 Å². The quantitative estimate of drug-likeness (QED) is 0.586. The summed E-state index contributed by atoms with van der Waals surface area (Å²) in [4.78, 5) is 4.45. The summed E-state index contributed by atoms with van der Waals surface area (Å²) in [5.41, 5.74) is 0.299. The number of nitrogens with zero attached hydrogens (tertiary/aromatic N) is 1. The van der Waals surface area contributed by atoms with Gasteiger partial charge in [-0.25, -0.2) is 0 Å². The van der Waals surface area contributed by atoms with Crippen LogP contribution in [0, 0.1) is 11.3 Å². The van der Waals surface area contributed by atoms with Crippen molar-refractivity contribution >= 4 is 6.21 Å². The molecule has 0 amide bonds. The van der Waals surface area contributed by atoms with Gasteiger partial charge in [-0.1, -0.05) is 40.7 Å². The highest BCUT2D eigenvalue weighted by Gasteiger charge is 2.08. The summed E-state index contributed by atoms with van der Waals surface area (Å²) in [5.74, 6) is 0.624. The zero-order valence-electron chi connectivity index (χ0n) is 10.5. The van der Waals surface area contributed by atoms with Crippen molar-refractivity contribution in [1.82, 2.24) is 0 Å². The third-order valence-corrected chi connectivity index (χ3v) is 2.83. The molecule has 1 unspecified atom stereocenters. The van der Waals surface area contributed by atoms with Gasteiger partial charge in [-0.3, -0.25) is 4.99 Å². The van der Waals surface area contributed by atoms with Crippen molar-refractivity contribution in [3.8, 4) is 0 Å². The molecule has 0 aliphatic rings. The molecule has 0 aliphatic heterocycles. The zero-order valence-corrected chi connectivity index (χ0v) is 10.5. The Morgan fingerprint density at radius 3 is 2.21 bits per heavy atom. The summed E-state index contributed by atoms with van der Waals surface area (Å²) >= 11 is 0. The number of allylic oxidation sites excluding steroid dienone is 2. The molecular formula is C13H25N. The van der Waals surface area contributed by atoms with Crippen LogP contribution >= 0.6 is 0 Å². The van der Waals surface area contributed by atoms with E-state index in [-0.39, 0.29) is 0 Å². The van der Waals surface area contributed by atoms with Gasteiger partial charge < -0.3 is 0 Å². The van der Waals surface area contributed by atoms with Crippen LogP contribution in [-0.2, 0) is 0 Å². The molecule has 0 spiro atoms. The van der Waals surface area contributed by atoms with Gasteiger partial charge in [0.05, 0.1) is 0 Å². The fourth-order valence-electron chi connectivity index (χ4n) is 0.779. The number of hydrogen-bond acceptors (Lipinski definition) is 1. The van der Waals surface area contributed by atoms with E-state index < -0.39 is 0 Å². The van der Waals surface area contributed by atoms with Crippen molar-refractivity contribution in [2.45, 2.75) is 54.0 Å². The first-order valence-corrected chi connectivity index (χ1v) is 5.60. The second-order valence-electron chi connectivity index (χ2n) is 4.98. The van der Waals surface area contributed by atoms with E-state index in [4.69, 9.17) is 0 Å². The topological polar surface area (TPSA) is 12.4 Å². The molecule has 0 bridgehead atoms. The van der Waals surface area contributed by atoms with Gasteiger partial charge in [-0.15, -0.1) is 0 Å². The lowest BCUT2D eigenvalue weighted by molar-refractivity contribution is 0.462. The predicted molar refractivity (Wildman–Crippen MR) is 66.0 cm³/mol. The summed E-state index contributed by atoms with van der Waals surface area (Å²) in [6, 6.07) is 0.421. The van der Waals surface area contributed by atoms with Gasteiger partial charge >= 0.3 is 0 Å². The Bertz CT molecular complexity index is 199. The Hall–Kier alpha value is -0.590. The summed E-state index contributed by atoms with van der Waals surface area (Å²) in [5, 5.41) is 0. The van der Waals surface area contributed by atoms with Crippen LogP contribution in [0.15, 0.2) is 17.1 Å². The lowest BCUT2D eigenvalue weighted by Crippen LogP contribution is -2.07. The molecular weight excluding hydrogens is 170 g/mol. The van der Waals surface area contributed by atoms with Crippen LogP contribution in [0.5, 0.6) is 0 Å². The predicted octanol–water partition coefficient (Wildman–Crippen LogP) is 4.09. The van der Waals surface area contributed by atoms with E-state index in [1.54, 1.807) is 0 Å². The Labute approximate surface area is 89.3 Å². The average Bonchev–Trinajstić information content (AvgIpc) is 2.12. The van der Waals surface area contributed by atoms with Crippen molar-refractivity contribution in [3.63, 3.8) is 0 Å². The minimum absolute atomic E-state index is 0.299. The number of hydrogen-bond donors (Lipinski definition) is 0. The molecule has 0 rings (SSSR count). The van der Waals surface area contributed by atoms with E-state index in [0.29, 0.717) is 17.4 Å². The maximum absolute atomic E-state index is 4.45. The van der Waals surface area contributed by atoms with E-state index in [2.05, 4.69) is 58.7 Å². The van der Waals surface area contributed by atoms with Crippen LogP contribution in [0.3, 0.4) is 0 Å². The normalized spacial score (nSPS) is 15.9. The Balaban J connectivity index is 4.05. The summed E-state index contributed by atoms with van der Waals surface area (Å²) in [6.45, 7) is 13.2. The molecule has 1 heteroatoms. The summed E-state index contributed by atoms with van der Waals surface area (Å²) < 4.78 is 0. The molecule has 14 heavy (non-hydrogen) atoms. The van der Waals surface area contributed by atoms with Crippen LogP contribution in [0.1, 0.15) is 48.0 Å².